The molecule has 0 aromatic carbocycles. The fourth-order valence-electron chi connectivity index (χ4n) is 1.99. The van der Waals surface area contributed by atoms with Crippen molar-refractivity contribution in [1.82, 2.24) is 0 Å². The number of nitrogens with two attached hydrogens (primary N) is 1. The lowest BCUT2D eigenvalue weighted by Gasteiger charge is -2.18. The second-order valence-electron chi connectivity index (χ2n) is 4.60. The van der Waals surface area contributed by atoms with E-state index in [0.29, 0.717) is 32.6 Å². The van der Waals surface area contributed by atoms with Gasteiger partial charge in [0.05, 0.1) is 6.61 Å². The van der Waals surface area contributed by atoms with Crippen LogP contribution < -0.4 is 5.73 Å². The molecule has 18 heavy (non-hydrogen) atoms. The third-order valence-electron chi connectivity index (χ3n) is 2.95. The van der Waals surface area contributed by atoms with Gasteiger partial charge in [-0.15, -0.1) is 0 Å². The molecule has 0 aromatic heterocycles. The third-order valence-corrected chi connectivity index (χ3v) is 2.95. The first kappa shape index (κ1) is 15.2. The topological polar surface area (TPSA) is 61.5 Å². The number of hydrogen-bond donors (Lipinski definition) is 1. The standard InChI is InChI=1S/C14H25NO3/c15-10-12-17-11-6-9-14(16)18-13-7-4-2-1-3-5-8-13/h1-2,13H,3-12,15H2/b2-1+. The van der Waals surface area contributed by atoms with E-state index in [4.69, 9.17) is 15.2 Å². The number of esters is 1. The Kier molecular flexibility index (Phi) is 8.51. The second-order valence-corrected chi connectivity index (χ2v) is 4.60. The maximum atomic E-state index is 11.6. The smallest absolute Gasteiger partial charge is 0.306 e. The van der Waals surface area contributed by atoms with Gasteiger partial charge in [0.25, 0.3) is 0 Å². The average molecular weight is 255 g/mol. The number of carbonyl (C=O) groups excluding carboxylic acids is 1. The SMILES string of the molecule is NCCOCCCC(=O)OC1CC/C=C/CCC1. The first-order valence-corrected chi connectivity index (χ1v) is 6.95. The van der Waals surface area contributed by atoms with E-state index in [2.05, 4.69) is 12.2 Å². The molecular formula is C14H25NO3. The predicted octanol–water partition coefficient (Wildman–Crippen LogP) is 2.17. The molecule has 1 atom stereocenters. The highest BCUT2D eigenvalue weighted by Crippen LogP contribution is 2.16. The van der Waals surface area contributed by atoms with E-state index < -0.39 is 0 Å². The van der Waals surface area contributed by atoms with Crippen LogP contribution in [0.5, 0.6) is 0 Å². The lowest BCUT2D eigenvalue weighted by atomic mass is 10.0. The van der Waals surface area contributed by atoms with Crippen LogP contribution in [-0.4, -0.2) is 31.8 Å². The second kappa shape index (κ2) is 10.1. The van der Waals surface area contributed by atoms with Gasteiger partial charge in [-0.05, 0) is 38.5 Å². The van der Waals surface area contributed by atoms with Crippen molar-refractivity contribution in [2.45, 2.75) is 51.0 Å². The fraction of sp³-hybridized carbons (Fsp3) is 0.786. The van der Waals surface area contributed by atoms with Gasteiger partial charge in [0.1, 0.15) is 6.10 Å². The fourth-order valence-corrected chi connectivity index (χ4v) is 1.99. The highest BCUT2D eigenvalue weighted by Gasteiger charge is 2.14. The van der Waals surface area contributed by atoms with Crippen molar-refractivity contribution in [3.05, 3.63) is 12.2 Å². The Morgan fingerprint density at radius 3 is 2.89 bits per heavy atom. The third kappa shape index (κ3) is 7.45. The van der Waals surface area contributed by atoms with Crippen LogP contribution in [0.3, 0.4) is 0 Å². The quantitative estimate of drug-likeness (QED) is 0.430. The molecule has 1 aliphatic rings. The molecule has 1 unspecified atom stereocenters. The summed E-state index contributed by atoms with van der Waals surface area (Å²) in [4.78, 5) is 11.6. The van der Waals surface area contributed by atoms with E-state index in [1.807, 2.05) is 0 Å². The summed E-state index contributed by atoms with van der Waals surface area (Å²) in [7, 11) is 0. The lowest BCUT2D eigenvalue weighted by molar-refractivity contribution is -0.150. The summed E-state index contributed by atoms with van der Waals surface area (Å²) in [5, 5.41) is 0. The number of allylic oxidation sites excluding steroid dienone is 2. The van der Waals surface area contributed by atoms with Gasteiger partial charge in [-0.3, -0.25) is 4.79 Å². The molecule has 104 valence electrons. The van der Waals surface area contributed by atoms with E-state index >= 15 is 0 Å². The highest BCUT2D eigenvalue weighted by molar-refractivity contribution is 5.69. The van der Waals surface area contributed by atoms with Crippen molar-refractivity contribution in [1.29, 1.82) is 0 Å². The van der Waals surface area contributed by atoms with Gasteiger partial charge in [0, 0.05) is 19.6 Å². The molecule has 1 rings (SSSR count). The van der Waals surface area contributed by atoms with Gasteiger partial charge in [0.15, 0.2) is 0 Å². The van der Waals surface area contributed by atoms with Gasteiger partial charge in [0.2, 0.25) is 0 Å². The average Bonchev–Trinajstić information content (AvgIpc) is 2.32. The Balaban J connectivity index is 2.08. The molecule has 2 N–H and O–H groups in total. The zero-order valence-electron chi connectivity index (χ0n) is 11.1. The molecule has 1 aliphatic carbocycles. The summed E-state index contributed by atoms with van der Waals surface area (Å²) in [6.45, 7) is 1.67. The first-order chi connectivity index (χ1) is 8.83. The molecule has 0 aliphatic heterocycles. The van der Waals surface area contributed by atoms with Gasteiger partial charge in [-0.1, -0.05) is 12.2 Å². The summed E-state index contributed by atoms with van der Waals surface area (Å²) >= 11 is 0. The molecule has 0 saturated carbocycles. The zero-order valence-corrected chi connectivity index (χ0v) is 11.1. The molecule has 0 saturated heterocycles. The Bertz CT molecular complexity index is 253. The summed E-state index contributed by atoms with van der Waals surface area (Å²) in [5.41, 5.74) is 5.30. The normalized spacial score (nSPS) is 21.9. The van der Waals surface area contributed by atoms with Crippen LogP contribution in [0.2, 0.25) is 0 Å². The summed E-state index contributed by atoms with van der Waals surface area (Å²) in [6.07, 6.45) is 10.8. The molecular weight excluding hydrogens is 230 g/mol. The van der Waals surface area contributed by atoms with Crippen LogP contribution in [0.15, 0.2) is 12.2 Å². The van der Waals surface area contributed by atoms with Crippen LogP contribution in [-0.2, 0) is 14.3 Å². The molecule has 0 spiro atoms. The van der Waals surface area contributed by atoms with Crippen LogP contribution in [0.25, 0.3) is 0 Å². The van der Waals surface area contributed by atoms with E-state index in [1.54, 1.807) is 0 Å². The van der Waals surface area contributed by atoms with Gasteiger partial charge in [-0.2, -0.15) is 0 Å². The largest absolute Gasteiger partial charge is 0.462 e. The van der Waals surface area contributed by atoms with Crippen LogP contribution in [0.4, 0.5) is 0 Å². The molecule has 0 aromatic rings. The number of ether oxygens (including phenoxy) is 2. The van der Waals surface area contributed by atoms with Crippen LogP contribution in [0, 0.1) is 0 Å². The Morgan fingerprint density at radius 2 is 2.06 bits per heavy atom. The van der Waals surface area contributed by atoms with Gasteiger partial charge < -0.3 is 15.2 Å². The minimum absolute atomic E-state index is 0.0964. The number of hydrogen-bond acceptors (Lipinski definition) is 4. The van der Waals surface area contributed by atoms with Crippen LogP contribution in [0.1, 0.15) is 44.9 Å². The summed E-state index contributed by atoms with van der Waals surface area (Å²) in [6, 6.07) is 0. The highest BCUT2D eigenvalue weighted by atomic mass is 16.5. The van der Waals surface area contributed by atoms with Crippen molar-refractivity contribution in [2.75, 3.05) is 19.8 Å². The van der Waals surface area contributed by atoms with Crippen molar-refractivity contribution < 1.29 is 14.3 Å². The lowest BCUT2D eigenvalue weighted by Crippen LogP contribution is -2.19. The zero-order chi connectivity index (χ0) is 13.1. The van der Waals surface area contributed by atoms with Gasteiger partial charge >= 0.3 is 5.97 Å². The van der Waals surface area contributed by atoms with E-state index in [-0.39, 0.29) is 12.1 Å². The first-order valence-electron chi connectivity index (χ1n) is 6.95. The van der Waals surface area contributed by atoms with Crippen molar-refractivity contribution >= 4 is 5.97 Å². The van der Waals surface area contributed by atoms with E-state index in [1.165, 1.54) is 0 Å². The minimum atomic E-state index is -0.0964. The maximum Gasteiger partial charge on any atom is 0.306 e. The van der Waals surface area contributed by atoms with Crippen LogP contribution >= 0.6 is 0 Å². The maximum absolute atomic E-state index is 11.6. The molecule has 0 fully saturated rings. The van der Waals surface area contributed by atoms with Crippen molar-refractivity contribution in [3.63, 3.8) is 0 Å². The van der Waals surface area contributed by atoms with E-state index in [9.17, 15) is 4.79 Å². The number of carbonyl (C=O) groups is 1. The van der Waals surface area contributed by atoms with E-state index in [0.717, 1.165) is 32.1 Å². The van der Waals surface area contributed by atoms with Gasteiger partial charge in [-0.25, -0.2) is 0 Å². The molecule has 0 radical (unpaired) electrons. The minimum Gasteiger partial charge on any atom is -0.462 e. The predicted molar refractivity (Wildman–Crippen MR) is 71.2 cm³/mol. The molecule has 0 amide bonds. The van der Waals surface area contributed by atoms with Crippen molar-refractivity contribution in [2.24, 2.45) is 5.73 Å². The Hall–Kier alpha value is -0.870. The molecule has 0 heterocycles. The Morgan fingerprint density at radius 1 is 1.22 bits per heavy atom. The summed E-state index contributed by atoms with van der Waals surface area (Å²) < 4.78 is 10.7. The number of rotatable bonds is 7. The molecule has 4 heteroatoms. The molecule has 4 nitrogen and oxygen atoms in total. The Labute approximate surface area is 110 Å². The van der Waals surface area contributed by atoms with Crippen molar-refractivity contribution in [3.8, 4) is 0 Å². The monoisotopic (exact) mass is 255 g/mol. The summed E-state index contributed by atoms with van der Waals surface area (Å²) in [5.74, 6) is -0.0964. The molecule has 0 bridgehead atoms.